The summed E-state index contributed by atoms with van der Waals surface area (Å²) in [6.45, 7) is 6.36. The lowest BCUT2D eigenvalue weighted by Crippen LogP contribution is -2.32. The van der Waals surface area contributed by atoms with E-state index in [1.54, 1.807) is 12.1 Å². The summed E-state index contributed by atoms with van der Waals surface area (Å²) in [6.07, 6.45) is 0. The van der Waals surface area contributed by atoms with Gasteiger partial charge in [-0.3, -0.25) is 4.79 Å². The van der Waals surface area contributed by atoms with Gasteiger partial charge in [-0.05, 0) is 55.7 Å². The standard InChI is InChI=1S/C18H21ClN2O/c1-12-7-8-15(9-13(12)2)14(3)21-18(22)11-20-17-6-4-5-16(19)10-17/h4-10,14,20H,11H2,1-3H3,(H,21,22). The van der Waals surface area contributed by atoms with Crippen molar-refractivity contribution in [3.05, 3.63) is 64.2 Å². The number of aryl methyl sites for hydroxylation is 2. The van der Waals surface area contributed by atoms with Crippen molar-refractivity contribution in [1.29, 1.82) is 0 Å². The first-order chi connectivity index (χ1) is 10.5. The maximum atomic E-state index is 12.0. The van der Waals surface area contributed by atoms with Crippen molar-refractivity contribution < 1.29 is 4.79 Å². The van der Waals surface area contributed by atoms with E-state index in [0.717, 1.165) is 11.3 Å². The van der Waals surface area contributed by atoms with Crippen LogP contribution in [0.15, 0.2) is 42.5 Å². The van der Waals surface area contributed by atoms with Crippen molar-refractivity contribution in [3.8, 4) is 0 Å². The summed E-state index contributed by atoms with van der Waals surface area (Å²) in [5.74, 6) is -0.0503. The summed E-state index contributed by atoms with van der Waals surface area (Å²) in [6, 6.07) is 13.6. The highest BCUT2D eigenvalue weighted by atomic mass is 35.5. The van der Waals surface area contributed by atoms with E-state index >= 15 is 0 Å². The van der Waals surface area contributed by atoms with Gasteiger partial charge in [-0.25, -0.2) is 0 Å². The van der Waals surface area contributed by atoms with Crippen LogP contribution in [0.25, 0.3) is 0 Å². The Morgan fingerprint density at radius 2 is 1.91 bits per heavy atom. The molecule has 0 saturated carbocycles. The second-order valence-corrected chi connectivity index (χ2v) is 5.93. The highest BCUT2D eigenvalue weighted by Crippen LogP contribution is 2.17. The molecule has 2 rings (SSSR count). The molecule has 0 saturated heterocycles. The van der Waals surface area contributed by atoms with Crippen molar-refractivity contribution >= 4 is 23.2 Å². The van der Waals surface area contributed by atoms with E-state index < -0.39 is 0 Å². The molecule has 0 fully saturated rings. The zero-order chi connectivity index (χ0) is 16.1. The Morgan fingerprint density at radius 1 is 1.14 bits per heavy atom. The predicted molar refractivity (Wildman–Crippen MR) is 92.4 cm³/mol. The summed E-state index contributed by atoms with van der Waals surface area (Å²) in [4.78, 5) is 12.0. The van der Waals surface area contributed by atoms with Gasteiger partial charge in [0.2, 0.25) is 5.91 Å². The Balaban J connectivity index is 1.89. The van der Waals surface area contributed by atoms with Gasteiger partial charge in [0, 0.05) is 10.7 Å². The fourth-order valence-electron chi connectivity index (χ4n) is 2.19. The minimum atomic E-state index is -0.0503. The van der Waals surface area contributed by atoms with Crippen molar-refractivity contribution in [2.24, 2.45) is 0 Å². The van der Waals surface area contributed by atoms with Crippen LogP contribution in [0.1, 0.15) is 29.7 Å². The summed E-state index contributed by atoms with van der Waals surface area (Å²) < 4.78 is 0. The largest absolute Gasteiger partial charge is 0.376 e. The molecule has 0 bridgehead atoms. The van der Waals surface area contributed by atoms with Crippen LogP contribution in [0.2, 0.25) is 5.02 Å². The zero-order valence-corrected chi connectivity index (χ0v) is 13.9. The summed E-state index contributed by atoms with van der Waals surface area (Å²) in [7, 11) is 0. The van der Waals surface area contributed by atoms with E-state index in [-0.39, 0.29) is 18.5 Å². The van der Waals surface area contributed by atoms with Gasteiger partial charge in [0.05, 0.1) is 12.6 Å². The summed E-state index contributed by atoms with van der Waals surface area (Å²) in [5.41, 5.74) is 4.43. The highest BCUT2D eigenvalue weighted by Gasteiger charge is 2.10. The molecule has 1 unspecified atom stereocenters. The van der Waals surface area contributed by atoms with Crippen molar-refractivity contribution in [2.75, 3.05) is 11.9 Å². The number of hydrogen-bond donors (Lipinski definition) is 2. The van der Waals surface area contributed by atoms with Gasteiger partial charge in [0.15, 0.2) is 0 Å². The predicted octanol–water partition coefficient (Wildman–Crippen LogP) is 4.25. The molecule has 0 heterocycles. The molecule has 1 atom stereocenters. The molecule has 0 aliphatic rings. The van der Waals surface area contributed by atoms with Crippen LogP contribution >= 0.6 is 11.6 Å². The molecule has 2 aromatic carbocycles. The van der Waals surface area contributed by atoms with Crippen LogP contribution < -0.4 is 10.6 Å². The SMILES string of the molecule is Cc1ccc(C(C)NC(=O)CNc2cccc(Cl)c2)cc1C. The number of amides is 1. The van der Waals surface area contributed by atoms with E-state index in [9.17, 15) is 4.79 Å². The minimum Gasteiger partial charge on any atom is -0.376 e. The van der Waals surface area contributed by atoms with Crippen LogP contribution in [0.4, 0.5) is 5.69 Å². The van der Waals surface area contributed by atoms with Crippen molar-refractivity contribution in [2.45, 2.75) is 26.8 Å². The van der Waals surface area contributed by atoms with E-state index in [0.29, 0.717) is 5.02 Å². The molecule has 0 aromatic heterocycles. The molecule has 0 aliphatic carbocycles. The van der Waals surface area contributed by atoms with E-state index in [1.165, 1.54) is 11.1 Å². The maximum Gasteiger partial charge on any atom is 0.239 e. The Kier molecular flexibility index (Phi) is 5.45. The molecule has 3 nitrogen and oxygen atoms in total. The monoisotopic (exact) mass is 316 g/mol. The fourth-order valence-corrected chi connectivity index (χ4v) is 2.38. The molecule has 1 amide bonds. The van der Waals surface area contributed by atoms with Gasteiger partial charge in [0.1, 0.15) is 0 Å². The van der Waals surface area contributed by atoms with Crippen molar-refractivity contribution in [3.63, 3.8) is 0 Å². The zero-order valence-electron chi connectivity index (χ0n) is 13.1. The molecule has 116 valence electrons. The molecule has 2 N–H and O–H groups in total. The first kappa shape index (κ1) is 16.4. The number of carbonyl (C=O) groups excluding carboxylic acids is 1. The van der Waals surface area contributed by atoms with Crippen molar-refractivity contribution in [1.82, 2.24) is 5.32 Å². The average molecular weight is 317 g/mol. The number of benzene rings is 2. The van der Waals surface area contributed by atoms with E-state index in [2.05, 4.69) is 42.7 Å². The molecule has 0 aliphatic heterocycles. The van der Waals surface area contributed by atoms with Gasteiger partial charge in [0.25, 0.3) is 0 Å². The molecule has 4 heteroatoms. The topological polar surface area (TPSA) is 41.1 Å². The lowest BCUT2D eigenvalue weighted by Gasteiger charge is -2.16. The van der Waals surface area contributed by atoms with Crippen LogP contribution in [0.5, 0.6) is 0 Å². The van der Waals surface area contributed by atoms with Crippen LogP contribution in [-0.2, 0) is 4.79 Å². The number of carbonyl (C=O) groups is 1. The fraction of sp³-hybridized carbons (Fsp3) is 0.278. The van der Waals surface area contributed by atoms with Gasteiger partial charge in [-0.2, -0.15) is 0 Å². The Bertz CT molecular complexity index is 670. The second-order valence-electron chi connectivity index (χ2n) is 5.50. The summed E-state index contributed by atoms with van der Waals surface area (Å²) >= 11 is 5.91. The molecule has 2 aromatic rings. The lowest BCUT2D eigenvalue weighted by molar-refractivity contribution is -0.120. The van der Waals surface area contributed by atoms with Crippen LogP contribution in [0.3, 0.4) is 0 Å². The molecular formula is C18H21ClN2O. The molecular weight excluding hydrogens is 296 g/mol. The third kappa shape index (κ3) is 4.50. The van der Waals surface area contributed by atoms with Crippen LogP contribution in [-0.4, -0.2) is 12.5 Å². The molecule has 0 spiro atoms. The smallest absolute Gasteiger partial charge is 0.239 e. The average Bonchev–Trinajstić information content (AvgIpc) is 2.48. The Morgan fingerprint density at radius 3 is 2.59 bits per heavy atom. The number of anilines is 1. The normalized spacial score (nSPS) is 11.8. The maximum absolute atomic E-state index is 12.0. The number of nitrogens with one attached hydrogen (secondary N) is 2. The third-order valence-electron chi connectivity index (χ3n) is 3.69. The molecule has 0 radical (unpaired) electrons. The van der Waals surface area contributed by atoms with Gasteiger partial charge < -0.3 is 10.6 Å². The van der Waals surface area contributed by atoms with Gasteiger partial charge >= 0.3 is 0 Å². The van der Waals surface area contributed by atoms with Crippen LogP contribution in [0, 0.1) is 13.8 Å². The van der Waals surface area contributed by atoms with E-state index in [1.807, 2.05) is 19.1 Å². The number of rotatable bonds is 5. The number of halogens is 1. The second kappa shape index (κ2) is 7.32. The quantitative estimate of drug-likeness (QED) is 0.866. The Hall–Kier alpha value is -2.00. The van der Waals surface area contributed by atoms with Gasteiger partial charge in [-0.15, -0.1) is 0 Å². The summed E-state index contributed by atoms with van der Waals surface area (Å²) in [5, 5.41) is 6.71. The third-order valence-corrected chi connectivity index (χ3v) is 3.92. The minimum absolute atomic E-state index is 0.0204. The Labute approximate surface area is 136 Å². The number of hydrogen-bond acceptors (Lipinski definition) is 2. The lowest BCUT2D eigenvalue weighted by atomic mass is 10.0. The first-order valence-electron chi connectivity index (χ1n) is 7.31. The first-order valence-corrected chi connectivity index (χ1v) is 7.69. The van der Waals surface area contributed by atoms with E-state index in [4.69, 9.17) is 11.6 Å². The highest BCUT2D eigenvalue weighted by molar-refractivity contribution is 6.30. The van der Waals surface area contributed by atoms with Gasteiger partial charge in [-0.1, -0.05) is 35.9 Å². The molecule has 22 heavy (non-hydrogen) atoms.